The Hall–Kier alpha value is -2.47. The van der Waals surface area contributed by atoms with Crippen LogP contribution in [0.25, 0.3) is 0 Å². The molecule has 0 saturated carbocycles. The predicted octanol–water partition coefficient (Wildman–Crippen LogP) is 6.11. The molecule has 162 valence electrons. The van der Waals surface area contributed by atoms with Gasteiger partial charge in [-0.2, -0.15) is 0 Å². The van der Waals surface area contributed by atoms with Crippen molar-refractivity contribution in [2.75, 3.05) is 20.8 Å². The van der Waals surface area contributed by atoms with Crippen LogP contribution in [0.5, 0.6) is 17.2 Å². The van der Waals surface area contributed by atoms with Gasteiger partial charge in [0, 0.05) is 35.8 Å². The molecule has 0 bridgehead atoms. The van der Waals surface area contributed by atoms with Gasteiger partial charge in [0.1, 0.15) is 0 Å². The van der Waals surface area contributed by atoms with E-state index < -0.39 is 0 Å². The van der Waals surface area contributed by atoms with Crippen molar-refractivity contribution >= 4 is 40.6 Å². The number of benzene rings is 2. The lowest BCUT2D eigenvalue weighted by Gasteiger charge is -2.17. The summed E-state index contributed by atoms with van der Waals surface area (Å²) in [6, 6.07) is 10.8. The summed E-state index contributed by atoms with van der Waals surface area (Å²) < 4.78 is 16.9. The lowest BCUT2D eigenvalue weighted by molar-refractivity contribution is 0.0988. The number of aromatic nitrogens is 1. The van der Waals surface area contributed by atoms with Crippen LogP contribution in [0, 0.1) is 0 Å². The van der Waals surface area contributed by atoms with E-state index in [1.807, 2.05) is 24.3 Å². The van der Waals surface area contributed by atoms with Gasteiger partial charge >= 0.3 is 0 Å². The average molecular weight is 481 g/mol. The summed E-state index contributed by atoms with van der Waals surface area (Å²) in [5.74, 6) is 0.843. The third-order valence-corrected chi connectivity index (χ3v) is 5.69. The predicted molar refractivity (Wildman–Crippen MR) is 122 cm³/mol. The zero-order chi connectivity index (χ0) is 22.4. The summed E-state index contributed by atoms with van der Waals surface area (Å²) in [6.07, 6.45) is 3.43. The highest BCUT2D eigenvalue weighted by atomic mass is 35.5. The molecule has 3 rings (SSSR count). The number of hydrogen-bond acceptors (Lipinski definition) is 5. The average Bonchev–Trinajstić information content (AvgIpc) is 2.77. The maximum Gasteiger partial charge on any atom is 0.204 e. The van der Waals surface area contributed by atoms with Gasteiger partial charge in [0.15, 0.2) is 17.3 Å². The number of nitrogens with zero attached hydrogens (tertiary/aromatic N) is 1. The van der Waals surface area contributed by atoms with Gasteiger partial charge in [0.2, 0.25) is 5.75 Å². The second kappa shape index (κ2) is 10.7. The summed E-state index contributed by atoms with van der Waals surface area (Å²) in [5, 5.41) is 1.30. The summed E-state index contributed by atoms with van der Waals surface area (Å²) in [7, 11) is 3.01. The summed E-state index contributed by atoms with van der Waals surface area (Å²) >= 11 is 18.6. The molecule has 0 amide bonds. The number of ether oxygens (including phenoxy) is 3. The normalized spacial score (nSPS) is 10.6. The monoisotopic (exact) mass is 479 g/mol. The molecule has 0 aliphatic heterocycles. The lowest BCUT2D eigenvalue weighted by atomic mass is 10.0. The van der Waals surface area contributed by atoms with Crippen molar-refractivity contribution in [3.63, 3.8) is 0 Å². The lowest BCUT2D eigenvalue weighted by Crippen LogP contribution is -2.11. The number of Topliss-reactive ketones (excluding diaryl/α,β-unsaturated/α-hetero) is 1. The number of hydrogen-bond donors (Lipinski definition) is 0. The van der Waals surface area contributed by atoms with Gasteiger partial charge in [-0.15, -0.1) is 0 Å². The quantitative estimate of drug-likeness (QED) is 0.346. The fraction of sp³-hybridized carbons (Fsp3) is 0.217. The van der Waals surface area contributed by atoms with Crippen molar-refractivity contribution in [1.29, 1.82) is 0 Å². The molecule has 0 atom stereocenters. The van der Waals surface area contributed by atoms with Gasteiger partial charge in [0.25, 0.3) is 0 Å². The Labute approximate surface area is 195 Å². The molecule has 0 aliphatic rings. The molecular formula is C23H20Cl3NO4. The van der Waals surface area contributed by atoms with E-state index in [0.29, 0.717) is 49.9 Å². The van der Waals surface area contributed by atoms with Crippen molar-refractivity contribution in [3.8, 4) is 17.2 Å². The standard InChI is InChI=1S/C23H20Cl3NO4/c1-29-21-8-7-15(20(28)11-16-18(25)12-27-13-19(16)26)22(23(21)30-2)31-10-9-14-5-3-4-6-17(14)24/h3-8,12-13H,9-11H2,1-2H3. The van der Waals surface area contributed by atoms with Gasteiger partial charge < -0.3 is 14.2 Å². The number of pyridine rings is 1. The number of methoxy groups -OCH3 is 2. The molecule has 1 aromatic heterocycles. The van der Waals surface area contributed by atoms with Gasteiger partial charge in [-0.05, 0) is 23.8 Å². The first-order valence-corrected chi connectivity index (χ1v) is 10.5. The van der Waals surface area contributed by atoms with E-state index in [1.165, 1.54) is 26.6 Å². The van der Waals surface area contributed by atoms with Crippen LogP contribution in [0.2, 0.25) is 15.1 Å². The second-order valence-electron chi connectivity index (χ2n) is 6.55. The van der Waals surface area contributed by atoms with Crippen LogP contribution < -0.4 is 14.2 Å². The Bertz CT molecular complexity index is 1070. The minimum atomic E-state index is -0.233. The Morgan fingerprint density at radius 2 is 1.61 bits per heavy atom. The molecule has 0 N–H and O–H groups in total. The highest BCUT2D eigenvalue weighted by molar-refractivity contribution is 6.36. The summed E-state index contributed by atoms with van der Waals surface area (Å²) in [5.41, 5.74) is 1.77. The molecule has 0 unspecified atom stereocenters. The maximum atomic E-state index is 13.2. The molecule has 5 nitrogen and oxygen atoms in total. The summed E-state index contributed by atoms with van der Waals surface area (Å²) in [6.45, 7) is 0.282. The zero-order valence-corrected chi connectivity index (χ0v) is 19.2. The fourth-order valence-corrected chi connectivity index (χ4v) is 3.82. The Balaban J connectivity index is 1.90. The number of carbonyl (C=O) groups excluding carboxylic acids is 1. The minimum absolute atomic E-state index is 0.0173. The first kappa shape index (κ1) is 23.2. The van der Waals surface area contributed by atoms with E-state index in [4.69, 9.17) is 49.0 Å². The Morgan fingerprint density at radius 3 is 2.26 bits per heavy atom. The SMILES string of the molecule is COc1ccc(C(=O)Cc2c(Cl)cncc2Cl)c(OCCc2ccccc2Cl)c1OC. The number of carbonyl (C=O) groups is 1. The van der Waals surface area contributed by atoms with Crippen molar-refractivity contribution < 1.29 is 19.0 Å². The zero-order valence-electron chi connectivity index (χ0n) is 17.0. The smallest absolute Gasteiger partial charge is 0.204 e. The molecule has 3 aromatic rings. The largest absolute Gasteiger partial charge is 0.493 e. The van der Waals surface area contributed by atoms with Crippen molar-refractivity contribution in [2.24, 2.45) is 0 Å². The van der Waals surface area contributed by atoms with Crippen LogP contribution >= 0.6 is 34.8 Å². The van der Waals surface area contributed by atoms with Gasteiger partial charge in [-0.3, -0.25) is 9.78 Å². The molecule has 0 fully saturated rings. The van der Waals surface area contributed by atoms with Gasteiger partial charge in [-0.25, -0.2) is 0 Å². The minimum Gasteiger partial charge on any atom is -0.493 e. The summed E-state index contributed by atoms with van der Waals surface area (Å²) in [4.78, 5) is 17.1. The highest BCUT2D eigenvalue weighted by Gasteiger charge is 2.23. The van der Waals surface area contributed by atoms with Crippen molar-refractivity contribution in [1.82, 2.24) is 4.98 Å². The van der Waals surface area contributed by atoms with Gasteiger partial charge in [-0.1, -0.05) is 53.0 Å². The van der Waals surface area contributed by atoms with Crippen LogP contribution in [0.3, 0.4) is 0 Å². The maximum absolute atomic E-state index is 13.2. The Morgan fingerprint density at radius 1 is 0.903 bits per heavy atom. The topological polar surface area (TPSA) is 57.7 Å². The van der Waals surface area contributed by atoms with E-state index in [2.05, 4.69) is 4.98 Å². The molecular weight excluding hydrogens is 461 g/mol. The molecule has 0 aliphatic carbocycles. The number of rotatable bonds is 9. The van der Waals surface area contributed by atoms with Crippen LogP contribution in [0.1, 0.15) is 21.5 Å². The first-order chi connectivity index (χ1) is 15.0. The molecule has 31 heavy (non-hydrogen) atoms. The molecule has 8 heteroatoms. The van der Waals surface area contributed by atoms with Crippen LogP contribution in [0.15, 0.2) is 48.8 Å². The van der Waals surface area contributed by atoms with Crippen molar-refractivity contribution in [2.45, 2.75) is 12.8 Å². The number of ketones is 1. The first-order valence-electron chi connectivity index (χ1n) is 9.38. The third-order valence-electron chi connectivity index (χ3n) is 4.67. The fourth-order valence-electron chi connectivity index (χ4n) is 3.09. The van der Waals surface area contributed by atoms with Crippen LogP contribution in [0.4, 0.5) is 0 Å². The second-order valence-corrected chi connectivity index (χ2v) is 7.77. The molecule has 1 heterocycles. The van der Waals surface area contributed by atoms with Crippen molar-refractivity contribution in [3.05, 3.63) is 80.6 Å². The van der Waals surface area contributed by atoms with Crippen LogP contribution in [-0.4, -0.2) is 31.6 Å². The van der Waals surface area contributed by atoms with E-state index in [9.17, 15) is 4.79 Å². The Kier molecular flexibility index (Phi) is 8.02. The van der Waals surface area contributed by atoms with Crippen LogP contribution in [-0.2, 0) is 12.8 Å². The third kappa shape index (κ3) is 5.42. The molecule has 0 saturated heterocycles. The van der Waals surface area contributed by atoms with E-state index in [0.717, 1.165) is 5.56 Å². The molecule has 0 spiro atoms. The van der Waals surface area contributed by atoms with E-state index in [-0.39, 0.29) is 18.8 Å². The molecule has 2 aromatic carbocycles. The number of halogens is 3. The van der Waals surface area contributed by atoms with E-state index in [1.54, 1.807) is 12.1 Å². The highest BCUT2D eigenvalue weighted by Crippen LogP contribution is 2.41. The molecule has 0 radical (unpaired) electrons. The van der Waals surface area contributed by atoms with E-state index >= 15 is 0 Å². The van der Waals surface area contributed by atoms with Gasteiger partial charge in [0.05, 0.1) is 36.4 Å².